The number of nitrogens with zero attached hydrogens (tertiary/aromatic N) is 2. The topological polar surface area (TPSA) is 47.0 Å². The Hall–Kier alpha value is -1.16. The molecule has 90 valence electrons. The van der Waals surface area contributed by atoms with E-state index in [-0.39, 0.29) is 0 Å². The molecule has 0 saturated carbocycles. The maximum absolute atomic E-state index is 5.05. The van der Waals surface area contributed by atoms with Gasteiger partial charge >= 0.3 is 0 Å². The Morgan fingerprint density at radius 2 is 2.12 bits per heavy atom. The van der Waals surface area contributed by atoms with Crippen LogP contribution in [0.5, 0.6) is 0 Å². The number of hydrogen-bond donors (Lipinski definition) is 1. The number of ether oxygens (including phenoxy) is 1. The monoisotopic (exact) mass is 223 g/mol. The molecule has 0 saturated heterocycles. The fourth-order valence-electron chi connectivity index (χ4n) is 1.39. The first-order valence-corrected chi connectivity index (χ1v) is 5.78. The van der Waals surface area contributed by atoms with Crippen LogP contribution in [-0.4, -0.2) is 30.2 Å². The van der Waals surface area contributed by atoms with Crippen molar-refractivity contribution < 1.29 is 4.74 Å². The van der Waals surface area contributed by atoms with Crippen molar-refractivity contribution in [2.75, 3.05) is 25.6 Å². The van der Waals surface area contributed by atoms with Crippen molar-refractivity contribution in [3.63, 3.8) is 0 Å². The van der Waals surface area contributed by atoms with Crippen LogP contribution in [0.25, 0.3) is 0 Å². The van der Waals surface area contributed by atoms with Gasteiger partial charge in [-0.1, -0.05) is 13.8 Å². The van der Waals surface area contributed by atoms with Gasteiger partial charge in [0.15, 0.2) is 0 Å². The summed E-state index contributed by atoms with van der Waals surface area (Å²) in [6, 6.07) is 2.02. The molecule has 0 radical (unpaired) electrons. The second-order valence-electron chi connectivity index (χ2n) is 4.02. The van der Waals surface area contributed by atoms with E-state index in [0.717, 1.165) is 30.3 Å². The molecule has 1 rings (SSSR count). The summed E-state index contributed by atoms with van der Waals surface area (Å²) in [7, 11) is 1.69. The van der Waals surface area contributed by atoms with Gasteiger partial charge in [0.2, 0.25) is 0 Å². The lowest BCUT2D eigenvalue weighted by Crippen LogP contribution is -2.08. The summed E-state index contributed by atoms with van der Waals surface area (Å²) in [5, 5.41) is 3.23. The summed E-state index contributed by atoms with van der Waals surface area (Å²) in [5.41, 5.74) is 1.08. The Kier molecular flexibility index (Phi) is 5.19. The fourth-order valence-corrected chi connectivity index (χ4v) is 1.39. The predicted octanol–water partition coefficient (Wildman–Crippen LogP) is 2.22. The molecular formula is C12H21N3O. The third-order valence-electron chi connectivity index (χ3n) is 2.27. The molecule has 1 aromatic heterocycles. The molecule has 0 aliphatic heterocycles. The molecule has 0 fully saturated rings. The average molecular weight is 223 g/mol. The Morgan fingerprint density at radius 1 is 1.38 bits per heavy atom. The maximum atomic E-state index is 5.05. The summed E-state index contributed by atoms with van der Waals surface area (Å²) in [4.78, 5) is 8.96. The maximum Gasteiger partial charge on any atom is 0.133 e. The van der Waals surface area contributed by atoms with Crippen LogP contribution in [0, 0.1) is 0 Å². The van der Waals surface area contributed by atoms with Gasteiger partial charge in [-0.2, -0.15) is 0 Å². The lowest BCUT2D eigenvalue weighted by atomic mass is 10.1. The molecule has 0 aliphatic rings. The van der Waals surface area contributed by atoms with Crippen LogP contribution in [0.4, 0.5) is 5.82 Å². The standard InChI is InChI=1S/C12H21N3O/c1-5-13-12-8-10(9(2)3)14-11(15-12)6-7-16-4/h8-9H,5-7H2,1-4H3,(H,13,14,15). The Labute approximate surface area is 97.5 Å². The first-order chi connectivity index (χ1) is 7.67. The minimum Gasteiger partial charge on any atom is -0.384 e. The summed E-state index contributed by atoms with van der Waals surface area (Å²) in [5.74, 6) is 2.18. The highest BCUT2D eigenvalue weighted by Gasteiger charge is 2.07. The van der Waals surface area contributed by atoms with E-state index >= 15 is 0 Å². The van der Waals surface area contributed by atoms with E-state index in [2.05, 4.69) is 36.1 Å². The van der Waals surface area contributed by atoms with Crippen LogP contribution in [0.15, 0.2) is 6.07 Å². The van der Waals surface area contributed by atoms with Crippen molar-refractivity contribution in [3.05, 3.63) is 17.6 Å². The summed E-state index contributed by atoms with van der Waals surface area (Å²) in [6.45, 7) is 7.87. The molecule has 0 spiro atoms. The van der Waals surface area contributed by atoms with E-state index in [1.807, 2.05) is 6.07 Å². The van der Waals surface area contributed by atoms with Gasteiger partial charge in [-0.25, -0.2) is 9.97 Å². The normalized spacial score (nSPS) is 10.8. The number of methoxy groups -OCH3 is 1. The third-order valence-corrected chi connectivity index (χ3v) is 2.27. The average Bonchev–Trinajstić information content (AvgIpc) is 2.26. The molecule has 0 atom stereocenters. The van der Waals surface area contributed by atoms with Crippen LogP contribution in [0.3, 0.4) is 0 Å². The highest BCUT2D eigenvalue weighted by molar-refractivity contribution is 5.36. The number of anilines is 1. The zero-order valence-electron chi connectivity index (χ0n) is 10.6. The van der Waals surface area contributed by atoms with Crippen molar-refractivity contribution in [1.82, 2.24) is 9.97 Å². The van der Waals surface area contributed by atoms with Crippen molar-refractivity contribution in [2.24, 2.45) is 0 Å². The minimum absolute atomic E-state index is 0.418. The van der Waals surface area contributed by atoms with Gasteiger partial charge in [0, 0.05) is 31.8 Å². The zero-order valence-corrected chi connectivity index (χ0v) is 10.6. The van der Waals surface area contributed by atoms with Crippen LogP contribution >= 0.6 is 0 Å². The number of nitrogens with one attached hydrogen (secondary N) is 1. The van der Waals surface area contributed by atoms with Crippen molar-refractivity contribution >= 4 is 5.82 Å². The van der Waals surface area contributed by atoms with Crippen LogP contribution in [0.2, 0.25) is 0 Å². The van der Waals surface area contributed by atoms with Gasteiger partial charge in [-0.3, -0.25) is 0 Å². The van der Waals surface area contributed by atoms with E-state index in [0.29, 0.717) is 12.5 Å². The van der Waals surface area contributed by atoms with Gasteiger partial charge < -0.3 is 10.1 Å². The summed E-state index contributed by atoms with van der Waals surface area (Å²) < 4.78 is 5.05. The molecule has 4 nitrogen and oxygen atoms in total. The van der Waals surface area contributed by atoms with E-state index in [1.165, 1.54) is 0 Å². The van der Waals surface area contributed by atoms with E-state index in [4.69, 9.17) is 4.74 Å². The summed E-state index contributed by atoms with van der Waals surface area (Å²) in [6.07, 6.45) is 0.759. The lowest BCUT2D eigenvalue weighted by molar-refractivity contribution is 0.200. The second-order valence-corrected chi connectivity index (χ2v) is 4.02. The molecule has 16 heavy (non-hydrogen) atoms. The molecule has 0 aliphatic carbocycles. The lowest BCUT2D eigenvalue weighted by Gasteiger charge is -2.10. The highest BCUT2D eigenvalue weighted by atomic mass is 16.5. The third kappa shape index (κ3) is 3.77. The predicted molar refractivity (Wildman–Crippen MR) is 65.9 cm³/mol. The van der Waals surface area contributed by atoms with Gasteiger partial charge in [0.25, 0.3) is 0 Å². The van der Waals surface area contributed by atoms with Crippen molar-refractivity contribution in [2.45, 2.75) is 33.1 Å². The molecular weight excluding hydrogens is 202 g/mol. The first kappa shape index (κ1) is 12.9. The molecule has 0 bridgehead atoms. The quantitative estimate of drug-likeness (QED) is 0.803. The number of aromatic nitrogens is 2. The van der Waals surface area contributed by atoms with E-state index in [1.54, 1.807) is 7.11 Å². The molecule has 0 aromatic carbocycles. The van der Waals surface area contributed by atoms with E-state index < -0.39 is 0 Å². The van der Waals surface area contributed by atoms with Crippen LogP contribution in [-0.2, 0) is 11.2 Å². The SMILES string of the molecule is CCNc1cc(C(C)C)nc(CCOC)n1. The highest BCUT2D eigenvalue weighted by Crippen LogP contribution is 2.15. The number of hydrogen-bond acceptors (Lipinski definition) is 4. The Balaban J connectivity index is 2.89. The molecule has 0 amide bonds. The van der Waals surface area contributed by atoms with Crippen molar-refractivity contribution in [3.8, 4) is 0 Å². The smallest absolute Gasteiger partial charge is 0.133 e. The van der Waals surface area contributed by atoms with Crippen LogP contribution in [0.1, 0.15) is 38.2 Å². The molecule has 4 heteroatoms. The summed E-state index contributed by atoms with van der Waals surface area (Å²) >= 11 is 0. The van der Waals surface area contributed by atoms with Crippen molar-refractivity contribution in [1.29, 1.82) is 0 Å². The first-order valence-electron chi connectivity index (χ1n) is 5.78. The van der Waals surface area contributed by atoms with Gasteiger partial charge in [-0.15, -0.1) is 0 Å². The number of rotatable bonds is 6. The molecule has 1 heterocycles. The molecule has 1 aromatic rings. The fraction of sp³-hybridized carbons (Fsp3) is 0.667. The molecule has 1 N–H and O–H groups in total. The van der Waals surface area contributed by atoms with Gasteiger partial charge in [0.1, 0.15) is 11.6 Å². The largest absolute Gasteiger partial charge is 0.384 e. The minimum atomic E-state index is 0.418. The zero-order chi connectivity index (χ0) is 12.0. The van der Waals surface area contributed by atoms with Crippen LogP contribution < -0.4 is 5.32 Å². The van der Waals surface area contributed by atoms with Gasteiger partial charge in [0.05, 0.1) is 6.61 Å². The Bertz CT molecular complexity index is 326. The van der Waals surface area contributed by atoms with E-state index in [9.17, 15) is 0 Å². The second kappa shape index (κ2) is 6.43. The Morgan fingerprint density at radius 3 is 2.69 bits per heavy atom. The molecule has 0 unspecified atom stereocenters. The van der Waals surface area contributed by atoms with Gasteiger partial charge in [-0.05, 0) is 12.8 Å².